The Hall–Kier alpha value is -1.19. The highest BCUT2D eigenvalue weighted by Gasteiger charge is 2.04. The van der Waals surface area contributed by atoms with Crippen LogP contribution >= 0.6 is 0 Å². The Kier molecular flexibility index (Phi) is 6.58. The molecule has 0 saturated heterocycles. The number of nitrogens with two attached hydrogens (primary N) is 1. The SMILES string of the molecule is CCNC(=O)N/C(N)=C/C(C)CC(C)C. The molecule has 4 nitrogen and oxygen atoms in total. The van der Waals surface area contributed by atoms with Gasteiger partial charge in [0.05, 0.1) is 0 Å². The third-order valence-electron chi connectivity index (χ3n) is 1.90. The van der Waals surface area contributed by atoms with Gasteiger partial charge in [-0.25, -0.2) is 4.79 Å². The summed E-state index contributed by atoms with van der Waals surface area (Å²) in [6, 6.07) is -0.247. The monoisotopic (exact) mass is 213 g/mol. The molecule has 0 bridgehead atoms. The van der Waals surface area contributed by atoms with Crippen molar-refractivity contribution in [1.82, 2.24) is 10.6 Å². The van der Waals surface area contributed by atoms with Gasteiger partial charge in [-0.3, -0.25) is 5.32 Å². The topological polar surface area (TPSA) is 67.2 Å². The fourth-order valence-electron chi connectivity index (χ4n) is 1.50. The van der Waals surface area contributed by atoms with E-state index in [1.54, 1.807) is 0 Å². The maximum Gasteiger partial charge on any atom is 0.320 e. The van der Waals surface area contributed by atoms with Gasteiger partial charge in [0.2, 0.25) is 0 Å². The van der Waals surface area contributed by atoms with Crippen molar-refractivity contribution in [3.63, 3.8) is 0 Å². The van der Waals surface area contributed by atoms with Gasteiger partial charge in [0, 0.05) is 6.54 Å². The van der Waals surface area contributed by atoms with E-state index in [-0.39, 0.29) is 6.03 Å². The van der Waals surface area contributed by atoms with Crippen LogP contribution in [0.5, 0.6) is 0 Å². The zero-order valence-corrected chi connectivity index (χ0v) is 10.1. The first-order valence-corrected chi connectivity index (χ1v) is 5.47. The first kappa shape index (κ1) is 13.8. The van der Waals surface area contributed by atoms with Crippen LogP contribution in [-0.4, -0.2) is 12.6 Å². The number of carbonyl (C=O) groups excluding carboxylic acids is 1. The summed E-state index contributed by atoms with van der Waals surface area (Å²) < 4.78 is 0. The van der Waals surface area contributed by atoms with E-state index in [2.05, 4.69) is 31.4 Å². The Morgan fingerprint density at radius 2 is 2.00 bits per heavy atom. The van der Waals surface area contributed by atoms with E-state index < -0.39 is 0 Å². The molecule has 4 N–H and O–H groups in total. The largest absolute Gasteiger partial charge is 0.385 e. The van der Waals surface area contributed by atoms with Gasteiger partial charge in [-0.2, -0.15) is 0 Å². The lowest BCUT2D eigenvalue weighted by Crippen LogP contribution is -2.37. The molecule has 0 spiro atoms. The molecule has 0 aromatic heterocycles. The molecule has 0 aliphatic heterocycles. The molecule has 0 aliphatic carbocycles. The van der Waals surface area contributed by atoms with Crippen molar-refractivity contribution in [2.24, 2.45) is 17.6 Å². The van der Waals surface area contributed by atoms with Gasteiger partial charge in [-0.05, 0) is 31.3 Å². The van der Waals surface area contributed by atoms with Crippen molar-refractivity contribution < 1.29 is 4.79 Å². The van der Waals surface area contributed by atoms with E-state index in [1.807, 2.05) is 13.0 Å². The van der Waals surface area contributed by atoms with Gasteiger partial charge >= 0.3 is 6.03 Å². The predicted octanol–water partition coefficient (Wildman–Crippen LogP) is 1.79. The van der Waals surface area contributed by atoms with Crippen molar-refractivity contribution >= 4 is 6.03 Å². The van der Waals surface area contributed by atoms with Crippen molar-refractivity contribution in [2.75, 3.05) is 6.54 Å². The van der Waals surface area contributed by atoms with Crippen LogP contribution in [0.2, 0.25) is 0 Å². The van der Waals surface area contributed by atoms with Gasteiger partial charge in [0.15, 0.2) is 0 Å². The zero-order chi connectivity index (χ0) is 11.8. The van der Waals surface area contributed by atoms with Crippen molar-refractivity contribution in [1.29, 1.82) is 0 Å². The molecular weight excluding hydrogens is 190 g/mol. The fourth-order valence-corrected chi connectivity index (χ4v) is 1.50. The molecule has 15 heavy (non-hydrogen) atoms. The van der Waals surface area contributed by atoms with E-state index in [9.17, 15) is 4.79 Å². The second-order valence-electron chi connectivity index (χ2n) is 4.21. The Bertz CT molecular complexity index is 224. The molecule has 0 aromatic carbocycles. The van der Waals surface area contributed by atoms with Gasteiger partial charge in [-0.15, -0.1) is 0 Å². The van der Waals surface area contributed by atoms with Crippen LogP contribution < -0.4 is 16.4 Å². The van der Waals surface area contributed by atoms with Crippen LogP contribution in [0.4, 0.5) is 4.79 Å². The number of hydrogen-bond donors (Lipinski definition) is 3. The Morgan fingerprint density at radius 1 is 1.40 bits per heavy atom. The predicted molar refractivity (Wildman–Crippen MR) is 63.1 cm³/mol. The highest BCUT2D eigenvalue weighted by molar-refractivity contribution is 5.75. The molecule has 0 aliphatic rings. The summed E-state index contributed by atoms with van der Waals surface area (Å²) in [5.74, 6) is 1.44. The van der Waals surface area contributed by atoms with E-state index in [0.717, 1.165) is 6.42 Å². The van der Waals surface area contributed by atoms with Crippen LogP contribution in [0.25, 0.3) is 0 Å². The van der Waals surface area contributed by atoms with E-state index in [0.29, 0.717) is 24.2 Å². The lowest BCUT2D eigenvalue weighted by atomic mass is 9.99. The van der Waals surface area contributed by atoms with Crippen molar-refractivity contribution in [3.8, 4) is 0 Å². The molecule has 88 valence electrons. The average molecular weight is 213 g/mol. The number of allylic oxidation sites excluding steroid dienone is 1. The summed E-state index contributed by atoms with van der Waals surface area (Å²) >= 11 is 0. The average Bonchev–Trinajstić information content (AvgIpc) is 2.00. The van der Waals surface area contributed by atoms with Crippen LogP contribution in [0.3, 0.4) is 0 Å². The number of nitrogens with one attached hydrogen (secondary N) is 2. The molecule has 0 rings (SSSR count). The van der Waals surface area contributed by atoms with Gasteiger partial charge < -0.3 is 11.1 Å². The third-order valence-corrected chi connectivity index (χ3v) is 1.90. The minimum atomic E-state index is -0.247. The number of urea groups is 1. The minimum Gasteiger partial charge on any atom is -0.385 e. The summed E-state index contributed by atoms with van der Waals surface area (Å²) in [5, 5.41) is 5.19. The van der Waals surface area contributed by atoms with Gasteiger partial charge in [0.1, 0.15) is 5.82 Å². The standard InChI is InChI=1S/C11H23N3O/c1-5-13-11(15)14-10(12)7-9(4)6-8(2)3/h7-9H,5-6,12H2,1-4H3,(H2,13,14,15)/b10-7+. The maximum absolute atomic E-state index is 11.1. The molecule has 0 radical (unpaired) electrons. The molecular formula is C11H23N3O. The Labute approximate surface area is 92.3 Å². The molecule has 2 amide bonds. The first-order chi connectivity index (χ1) is 6.95. The Balaban J connectivity index is 4.01. The lowest BCUT2D eigenvalue weighted by molar-refractivity contribution is 0.243. The summed E-state index contributed by atoms with van der Waals surface area (Å²) in [7, 11) is 0. The number of carbonyl (C=O) groups is 1. The highest BCUT2D eigenvalue weighted by atomic mass is 16.2. The Morgan fingerprint density at radius 3 is 2.47 bits per heavy atom. The van der Waals surface area contributed by atoms with Crippen molar-refractivity contribution in [3.05, 3.63) is 11.9 Å². The first-order valence-electron chi connectivity index (χ1n) is 5.47. The van der Waals surface area contributed by atoms with Crippen molar-refractivity contribution in [2.45, 2.75) is 34.1 Å². The fraction of sp³-hybridized carbons (Fsp3) is 0.727. The van der Waals surface area contributed by atoms with E-state index in [1.165, 1.54) is 0 Å². The molecule has 1 atom stereocenters. The van der Waals surface area contributed by atoms with Crippen LogP contribution in [0, 0.1) is 11.8 Å². The number of rotatable bonds is 5. The van der Waals surface area contributed by atoms with Crippen LogP contribution in [-0.2, 0) is 0 Å². The van der Waals surface area contributed by atoms with Crippen LogP contribution in [0.15, 0.2) is 11.9 Å². The summed E-state index contributed by atoms with van der Waals surface area (Å²) in [6.45, 7) is 8.88. The van der Waals surface area contributed by atoms with Gasteiger partial charge in [-0.1, -0.05) is 20.8 Å². The second kappa shape index (κ2) is 7.15. The summed E-state index contributed by atoms with van der Waals surface area (Å²) in [5.41, 5.74) is 5.67. The quantitative estimate of drug-likeness (QED) is 0.651. The normalized spacial score (nSPS) is 13.8. The molecule has 0 aromatic rings. The lowest BCUT2D eigenvalue weighted by Gasteiger charge is -2.11. The van der Waals surface area contributed by atoms with Gasteiger partial charge in [0.25, 0.3) is 0 Å². The number of amides is 2. The molecule has 0 saturated carbocycles. The molecule has 4 heteroatoms. The van der Waals surface area contributed by atoms with E-state index >= 15 is 0 Å². The summed E-state index contributed by atoms with van der Waals surface area (Å²) in [4.78, 5) is 11.1. The maximum atomic E-state index is 11.1. The van der Waals surface area contributed by atoms with Crippen LogP contribution in [0.1, 0.15) is 34.1 Å². The van der Waals surface area contributed by atoms with E-state index in [4.69, 9.17) is 5.73 Å². The number of hydrogen-bond acceptors (Lipinski definition) is 2. The smallest absolute Gasteiger partial charge is 0.320 e. The molecule has 0 fully saturated rings. The zero-order valence-electron chi connectivity index (χ0n) is 10.1. The minimum absolute atomic E-state index is 0.247. The molecule has 1 unspecified atom stereocenters. The molecule has 0 heterocycles. The second-order valence-corrected chi connectivity index (χ2v) is 4.21. The highest BCUT2D eigenvalue weighted by Crippen LogP contribution is 2.12. The third kappa shape index (κ3) is 7.85. The summed E-state index contributed by atoms with van der Waals surface area (Å²) in [6.07, 6.45) is 2.95.